The molecule has 0 aromatic heterocycles. The molecule has 0 aliphatic heterocycles. The number of aliphatic hydroxyl groups excluding tert-OH is 1. The van der Waals surface area contributed by atoms with Gasteiger partial charge < -0.3 is 5.11 Å². The molecule has 0 aromatic rings. The average Bonchev–Trinajstić information content (AvgIpc) is 3.36. The predicted octanol–water partition coefficient (Wildman–Crippen LogP) is 7.24. The van der Waals surface area contributed by atoms with Gasteiger partial charge in [0.25, 0.3) is 0 Å². The molecule has 0 spiro atoms. The van der Waals surface area contributed by atoms with Crippen molar-refractivity contribution < 1.29 is 5.11 Å². The first kappa shape index (κ1) is 20.6. The molecule has 4 saturated carbocycles. The van der Waals surface area contributed by atoms with Crippen LogP contribution in [0.25, 0.3) is 0 Å². The largest absolute Gasteiger partial charge is 0.393 e. The van der Waals surface area contributed by atoms with Crippen LogP contribution in [-0.4, -0.2) is 11.2 Å². The minimum Gasteiger partial charge on any atom is -0.393 e. The van der Waals surface area contributed by atoms with Gasteiger partial charge in [-0.2, -0.15) is 0 Å². The van der Waals surface area contributed by atoms with Gasteiger partial charge in [-0.05, 0) is 122 Å². The second kappa shape index (κ2) is 7.11. The van der Waals surface area contributed by atoms with Gasteiger partial charge in [-0.1, -0.05) is 46.3 Å². The predicted molar refractivity (Wildman–Crippen MR) is 121 cm³/mol. The normalized spacial score (nSPS) is 52.4. The van der Waals surface area contributed by atoms with Crippen LogP contribution in [-0.2, 0) is 0 Å². The van der Waals surface area contributed by atoms with Crippen molar-refractivity contribution in [3.8, 4) is 0 Å². The highest BCUT2D eigenvalue weighted by Gasteiger charge is 2.59. The summed E-state index contributed by atoms with van der Waals surface area (Å²) in [5, 5.41) is 10.2. The average molecular weight is 399 g/mol. The molecule has 29 heavy (non-hydrogen) atoms. The van der Waals surface area contributed by atoms with Gasteiger partial charge >= 0.3 is 0 Å². The Morgan fingerprint density at radius 3 is 2.59 bits per heavy atom. The summed E-state index contributed by atoms with van der Waals surface area (Å²) < 4.78 is 0. The van der Waals surface area contributed by atoms with Crippen molar-refractivity contribution in [3.63, 3.8) is 0 Å². The molecule has 5 aliphatic rings. The van der Waals surface area contributed by atoms with Crippen molar-refractivity contribution >= 4 is 0 Å². The summed E-state index contributed by atoms with van der Waals surface area (Å²) in [5.41, 5.74) is 2.64. The molecule has 0 amide bonds. The van der Waals surface area contributed by atoms with Crippen molar-refractivity contribution in [3.05, 3.63) is 11.6 Å². The summed E-state index contributed by atoms with van der Waals surface area (Å²) in [6.07, 6.45) is 16.1. The number of fused-ring (bicyclic) bond motifs is 5. The van der Waals surface area contributed by atoms with E-state index in [1.807, 2.05) is 0 Å². The molecule has 1 heteroatoms. The van der Waals surface area contributed by atoms with Gasteiger partial charge in [0, 0.05) is 0 Å². The Hall–Kier alpha value is -0.300. The minimum atomic E-state index is -0.0738. The Balaban J connectivity index is 1.30. The summed E-state index contributed by atoms with van der Waals surface area (Å²) in [6.45, 7) is 12.6. The molecule has 0 radical (unpaired) electrons. The summed E-state index contributed by atoms with van der Waals surface area (Å²) in [4.78, 5) is 0. The van der Waals surface area contributed by atoms with Gasteiger partial charge in [0.15, 0.2) is 0 Å². The zero-order valence-corrected chi connectivity index (χ0v) is 19.8. The molecule has 164 valence electrons. The topological polar surface area (TPSA) is 20.2 Å². The molecule has 0 aromatic carbocycles. The molecular weight excluding hydrogens is 352 g/mol. The van der Waals surface area contributed by atoms with E-state index in [-0.39, 0.29) is 6.10 Å². The Bertz CT molecular complexity index is 663. The van der Waals surface area contributed by atoms with E-state index in [1.165, 1.54) is 51.4 Å². The quantitative estimate of drug-likeness (QED) is 0.495. The lowest BCUT2D eigenvalue weighted by atomic mass is 9.47. The summed E-state index contributed by atoms with van der Waals surface area (Å²) in [7, 11) is 0. The smallest absolute Gasteiger partial charge is 0.0577 e. The van der Waals surface area contributed by atoms with E-state index >= 15 is 0 Å². The molecule has 0 bridgehead atoms. The standard InChI is InChI=1S/C28H46O/c1-17(2)18(3)24-15-19(24)14-20-7-9-25-23-8-6-21-16-22(29)10-12-27(21,4)26(23)11-13-28(20,25)5/h6,17-20,22-26,29H,7-16H2,1-5H3/t18-,19-,20-,22+,23?,24+,25?,26?,27+,28-/m1/s1. The number of allylic oxidation sites excluding steroid dienone is 1. The fourth-order valence-corrected chi connectivity index (χ4v) is 9.18. The lowest BCUT2D eigenvalue weighted by Gasteiger charge is -2.58. The van der Waals surface area contributed by atoms with E-state index in [2.05, 4.69) is 40.7 Å². The fourth-order valence-electron chi connectivity index (χ4n) is 9.18. The maximum absolute atomic E-state index is 10.2. The monoisotopic (exact) mass is 398 g/mol. The minimum absolute atomic E-state index is 0.0738. The lowest BCUT2D eigenvalue weighted by Crippen LogP contribution is -2.50. The van der Waals surface area contributed by atoms with E-state index in [4.69, 9.17) is 0 Å². The Morgan fingerprint density at radius 1 is 1.03 bits per heavy atom. The molecule has 1 nitrogen and oxygen atoms in total. The van der Waals surface area contributed by atoms with E-state index in [0.717, 1.165) is 60.2 Å². The third kappa shape index (κ3) is 3.19. The number of rotatable bonds is 4. The van der Waals surface area contributed by atoms with Crippen LogP contribution < -0.4 is 0 Å². The van der Waals surface area contributed by atoms with Crippen molar-refractivity contribution in [2.45, 2.75) is 105 Å². The number of hydrogen-bond donors (Lipinski definition) is 1. The van der Waals surface area contributed by atoms with E-state index in [1.54, 1.807) is 5.57 Å². The lowest BCUT2D eigenvalue weighted by molar-refractivity contribution is -0.0515. The summed E-state index contributed by atoms with van der Waals surface area (Å²) >= 11 is 0. The second-order valence-corrected chi connectivity index (χ2v) is 13.0. The van der Waals surface area contributed by atoms with Crippen molar-refractivity contribution in [2.75, 3.05) is 0 Å². The summed E-state index contributed by atoms with van der Waals surface area (Å²) in [5.74, 6) is 7.62. The molecule has 0 heterocycles. The Morgan fingerprint density at radius 2 is 1.83 bits per heavy atom. The first-order chi connectivity index (χ1) is 13.7. The third-order valence-corrected chi connectivity index (χ3v) is 11.6. The summed E-state index contributed by atoms with van der Waals surface area (Å²) in [6, 6.07) is 0. The highest BCUT2D eigenvalue weighted by Crippen LogP contribution is 2.68. The van der Waals surface area contributed by atoms with Crippen LogP contribution in [0.15, 0.2) is 11.6 Å². The molecule has 3 unspecified atom stereocenters. The molecular formula is C28H46O. The highest BCUT2D eigenvalue weighted by molar-refractivity contribution is 5.25. The Kier molecular flexibility index (Phi) is 5.05. The zero-order chi connectivity index (χ0) is 20.6. The van der Waals surface area contributed by atoms with Crippen molar-refractivity contribution in [1.82, 2.24) is 0 Å². The number of aliphatic hydroxyl groups is 1. The van der Waals surface area contributed by atoms with Crippen LogP contribution in [0.3, 0.4) is 0 Å². The van der Waals surface area contributed by atoms with Gasteiger partial charge in [-0.15, -0.1) is 0 Å². The highest BCUT2D eigenvalue weighted by atomic mass is 16.3. The Labute approximate surface area is 180 Å². The van der Waals surface area contributed by atoms with Crippen LogP contribution >= 0.6 is 0 Å². The molecule has 4 fully saturated rings. The zero-order valence-electron chi connectivity index (χ0n) is 19.8. The molecule has 5 aliphatic carbocycles. The first-order valence-electron chi connectivity index (χ1n) is 13.1. The first-order valence-corrected chi connectivity index (χ1v) is 13.1. The molecule has 1 N–H and O–H groups in total. The molecule has 10 atom stereocenters. The second-order valence-electron chi connectivity index (χ2n) is 13.0. The van der Waals surface area contributed by atoms with Gasteiger partial charge in [-0.25, -0.2) is 0 Å². The van der Waals surface area contributed by atoms with Gasteiger partial charge in [0.05, 0.1) is 6.10 Å². The van der Waals surface area contributed by atoms with Crippen molar-refractivity contribution in [2.24, 2.45) is 58.2 Å². The maximum atomic E-state index is 10.2. The van der Waals surface area contributed by atoms with Crippen molar-refractivity contribution in [1.29, 1.82) is 0 Å². The SMILES string of the molecule is CC(C)[C@@H](C)[C@@H]1C[C@H]1C[C@H]1CCC2C3CC=C4C[C@@H](O)CC[C@]4(C)C3CC[C@@]21C. The fraction of sp³-hybridized carbons (Fsp3) is 0.929. The third-order valence-electron chi connectivity index (χ3n) is 11.6. The maximum Gasteiger partial charge on any atom is 0.0577 e. The number of hydrogen-bond acceptors (Lipinski definition) is 1. The van der Waals surface area contributed by atoms with Crippen LogP contribution in [0.4, 0.5) is 0 Å². The van der Waals surface area contributed by atoms with Gasteiger partial charge in [0.1, 0.15) is 0 Å². The van der Waals surface area contributed by atoms with E-state index in [0.29, 0.717) is 10.8 Å². The van der Waals surface area contributed by atoms with Crippen LogP contribution in [0, 0.1) is 58.2 Å². The van der Waals surface area contributed by atoms with Crippen LogP contribution in [0.5, 0.6) is 0 Å². The van der Waals surface area contributed by atoms with Gasteiger partial charge in [-0.3, -0.25) is 0 Å². The van der Waals surface area contributed by atoms with E-state index < -0.39 is 0 Å². The molecule has 5 rings (SSSR count). The molecule has 0 saturated heterocycles. The van der Waals surface area contributed by atoms with E-state index in [9.17, 15) is 5.11 Å². The van der Waals surface area contributed by atoms with Crippen LogP contribution in [0.1, 0.15) is 98.8 Å². The van der Waals surface area contributed by atoms with Crippen LogP contribution in [0.2, 0.25) is 0 Å². The van der Waals surface area contributed by atoms with Gasteiger partial charge in [0.2, 0.25) is 0 Å².